The fraction of sp³-hybridized carbons (Fsp3) is 1.00. The van der Waals surface area contributed by atoms with E-state index in [0.717, 1.165) is 25.6 Å². The Hall–Kier alpha value is -0.120. The summed E-state index contributed by atoms with van der Waals surface area (Å²) in [6, 6.07) is 0. The molecule has 2 bridgehead atoms. The SMILES string of the molecule is C1CC2CNON(C1)C2. The van der Waals surface area contributed by atoms with Gasteiger partial charge in [0, 0.05) is 19.6 Å². The summed E-state index contributed by atoms with van der Waals surface area (Å²) in [5.41, 5.74) is 2.91. The van der Waals surface area contributed by atoms with E-state index in [1.54, 1.807) is 0 Å². The Balaban J connectivity index is 1.96. The zero-order valence-electron chi connectivity index (χ0n) is 5.47. The van der Waals surface area contributed by atoms with Gasteiger partial charge in [0.05, 0.1) is 0 Å². The molecule has 0 amide bonds. The van der Waals surface area contributed by atoms with Gasteiger partial charge in [-0.15, -0.1) is 0 Å². The highest BCUT2D eigenvalue weighted by molar-refractivity contribution is 4.71. The molecule has 0 aromatic rings. The number of hydrogen-bond donors (Lipinski definition) is 1. The van der Waals surface area contributed by atoms with Crippen molar-refractivity contribution < 1.29 is 4.94 Å². The van der Waals surface area contributed by atoms with Crippen LogP contribution in [-0.2, 0) is 4.94 Å². The molecule has 2 rings (SSSR count). The van der Waals surface area contributed by atoms with Crippen LogP contribution in [0.1, 0.15) is 12.8 Å². The fourth-order valence-corrected chi connectivity index (χ4v) is 1.52. The number of hydroxylamine groups is 3. The smallest absolute Gasteiger partial charge is 0.0301 e. The monoisotopic (exact) mass is 128 g/mol. The molecular weight excluding hydrogens is 116 g/mol. The van der Waals surface area contributed by atoms with Crippen molar-refractivity contribution >= 4 is 0 Å². The van der Waals surface area contributed by atoms with Crippen LogP contribution in [0.4, 0.5) is 0 Å². The third-order valence-electron chi connectivity index (χ3n) is 2.05. The summed E-state index contributed by atoms with van der Waals surface area (Å²) in [6.45, 7) is 3.27. The first-order valence-electron chi connectivity index (χ1n) is 3.60. The lowest BCUT2D eigenvalue weighted by Gasteiger charge is -2.36. The maximum Gasteiger partial charge on any atom is 0.0301 e. The van der Waals surface area contributed by atoms with E-state index < -0.39 is 0 Å². The molecule has 2 unspecified atom stereocenters. The Morgan fingerprint density at radius 2 is 2.56 bits per heavy atom. The fourth-order valence-electron chi connectivity index (χ4n) is 1.52. The van der Waals surface area contributed by atoms with E-state index in [9.17, 15) is 0 Å². The molecule has 2 aliphatic heterocycles. The van der Waals surface area contributed by atoms with Gasteiger partial charge in [-0.1, -0.05) is 0 Å². The summed E-state index contributed by atoms with van der Waals surface area (Å²) < 4.78 is 0. The summed E-state index contributed by atoms with van der Waals surface area (Å²) in [6.07, 6.45) is 2.67. The van der Waals surface area contributed by atoms with Gasteiger partial charge < -0.3 is 0 Å². The number of nitrogens with zero attached hydrogens (tertiary/aromatic N) is 1. The average Bonchev–Trinajstić information content (AvgIpc) is 1.88. The minimum Gasteiger partial charge on any atom is -0.211 e. The molecule has 0 radical (unpaired) electrons. The van der Waals surface area contributed by atoms with Crippen LogP contribution < -0.4 is 5.48 Å². The molecule has 3 heteroatoms. The Labute approximate surface area is 54.9 Å². The van der Waals surface area contributed by atoms with Crippen molar-refractivity contribution in [2.75, 3.05) is 19.6 Å². The Morgan fingerprint density at radius 1 is 1.56 bits per heavy atom. The largest absolute Gasteiger partial charge is 0.211 e. The molecular formula is C6H12N2O. The topological polar surface area (TPSA) is 24.5 Å². The van der Waals surface area contributed by atoms with Gasteiger partial charge in [-0.2, -0.15) is 10.5 Å². The second kappa shape index (κ2) is 2.25. The van der Waals surface area contributed by atoms with E-state index >= 15 is 0 Å². The summed E-state index contributed by atoms with van der Waals surface area (Å²) in [7, 11) is 0. The molecule has 3 nitrogen and oxygen atoms in total. The lowest BCUT2D eigenvalue weighted by Crippen LogP contribution is -2.48. The Kier molecular flexibility index (Phi) is 1.41. The van der Waals surface area contributed by atoms with Gasteiger partial charge in [-0.05, 0) is 18.8 Å². The van der Waals surface area contributed by atoms with Gasteiger partial charge in [-0.3, -0.25) is 0 Å². The van der Waals surface area contributed by atoms with E-state index in [1.807, 2.05) is 5.06 Å². The van der Waals surface area contributed by atoms with Crippen LogP contribution in [0.25, 0.3) is 0 Å². The first-order chi connectivity index (χ1) is 4.45. The Bertz CT molecular complexity index is 87.2. The highest BCUT2D eigenvalue weighted by atomic mass is 16.8. The molecule has 2 heterocycles. The number of hydrogen-bond acceptors (Lipinski definition) is 3. The van der Waals surface area contributed by atoms with Crippen LogP contribution >= 0.6 is 0 Å². The number of nitrogens with one attached hydrogen (secondary N) is 1. The standard InChI is InChI=1S/C6H12N2O/c1-2-6-4-7-9-8(3-1)5-6/h6-7H,1-5H2. The van der Waals surface area contributed by atoms with E-state index in [-0.39, 0.29) is 0 Å². The van der Waals surface area contributed by atoms with Crippen molar-refractivity contribution in [1.29, 1.82) is 0 Å². The van der Waals surface area contributed by atoms with E-state index in [1.165, 1.54) is 12.8 Å². The summed E-state index contributed by atoms with van der Waals surface area (Å²) in [5, 5.41) is 2.01. The van der Waals surface area contributed by atoms with Crippen LogP contribution in [0, 0.1) is 5.92 Å². The van der Waals surface area contributed by atoms with Crippen molar-refractivity contribution in [2.24, 2.45) is 5.92 Å². The molecule has 1 N–H and O–H groups in total. The molecule has 52 valence electrons. The maximum atomic E-state index is 5.13. The van der Waals surface area contributed by atoms with Crippen molar-refractivity contribution in [2.45, 2.75) is 12.8 Å². The molecule has 9 heavy (non-hydrogen) atoms. The molecule has 2 fully saturated rings. The number of fused-ring (bicyclic) bond motifs is 2. The quantitative estimate of drug-likeness (QED) is 0.502. The minimum atomic E-state index is 0.840. The molecule has 0 spiro atoms. The van der Waals surface area contributed by atoms with E-state index in [2.05, 4.69) is 5.48 Å². The lowest BCUT2D eigenvalue weighted by molar-refractivity contribution is -0.254. The average molecular weight is 128 g/mol. The molecule has 0 aliphatic carbocycles. The van der Waals surface area contributed by atoms with Gasteiger partial charge >= 0.3 is 0 Å². The molecule has 0 aromatic carbocycles. The van der Waals surface area contributed by atoms with Gasteiger partial charge in [0.25, 0.3) is 0 Å². The van der Waals surface area contributed by atoms with Crippen LogP contribution in [0.3, 0.4) is 0 Å². The second-order valence-corrected chi connectivity index (χ2v) is 2.84. The van der Waals surface area contributed by atoms with Crippen LogP contribution in [0.2, 0.25) is 0 Å². The molecule has 2 aliphatic rings. The molecule has 2 saturated heterocycles. The first kappa shape index (κ1) is 5.65. The van der Waals surface area contributed by atoms with Gasteiger partial charge in [0.15, 0.2) is 0 Å². The number of rotatable bonds is 0. The van der Waals surface area contributed by atoms with E-state index in [0.29, 0.717) is 0 Å². The summed E-state index contributed by atoms with van der Waals surface area (Å²) in [4.78, 5) is 5.13. The highest BCUT2D eigenvalue weighted by Crippen LogP contribution is 2.17. The molecule has 0 saturated carbocycles. The number of piperidine rings is 1. The van der Waals surface area contributed by atoms with Crippen molar-refractivity contribution in [3.63, 3.8) is 0 Å². The van der Waals surface area contributed by atoms with Crippen LogP contribution in [-0.4, -0.2) is 24.7 Å². The van der Waals surface area contributed by atoms with Crippen molar-refractivity contribution in [3.05, 3.63) is 0 Å². The summed E-state index contributed by atoms with van der Waals surface area (Å²) in [5.74, 6) is 0.840. The predicted molar refractivity (Wildman–Crippen MR) is 33.4 cm³/mol. The minimum absolute atomic E-state index is 0.840. The van der Waals surface area contributed by atoms with E-state index in [4.69, 9.17) is 4.94 Å². The predicted octanol–water partition coefficient (Wildman–Crippen LogP) is 0.148. The van der Waals surface area contributed by atoms with Crippen LogP contribution in [0.5, 0.6) is 0 Å². The third kappa shape index (κ3) is 1.08. The normalized spacial score (nSPS) is 42.7. The van der Waals surface area contributed by atoms with Gasteiger partial charge in [0.2, 0.25) is 0 Å². The Morgan fingerprint density at radius 3 is 3.33 bits per heavy atom. The third-order valence-corrected chi connectivity index (χ3v) is 2.05. The first-order valence-corrected chi connectivity index (χ1v) is 3.60. The zero-order valence-corrected chi connectivity index (χ0v) is 5.47. The zero-order chi connectivity index (χ0) is 6.10. The van der Waals surface area contributed by atoms with Crippen molar-refractivity contribution in [3.8, 4) is 0 Å². The maximum absolute atomic E-state index is 5.13. The molecule has 2 atom stereocenters. The lowest BCUT2D eigenvalue weighted by atomic mass is 9.99. The van der Waals surface area contributed by atoms with Crippen LogP contribution in [0.15, 0.2) is 0 Å². The molecule has 0 aromatic heterocycles. The van der Waals surface area contributed by atoms with Gasteiger partial charge in [-0.25, -0.2) is 4.94 Å². The highest BCUT2D eigenvalue weighted by Gasteiger charge is 2.24. The van der Waals surface area contributed by atoms with Crippen molar-refractivity contribution in [1.82, 2.24) is 10.5 Å². The van der Waals surface area contributed by atoms with Gasteiger partial charge in [0.1, 0.15) is 0 Å². The second-order valence-electron chi connectivity index (χ2n) is 2.84. The summed E-state index contributed by atoms with van der Waals surface area (Å²) >= 11 is 0.